The van der Waals surface area contributed by atoms with E-state index < -0.39 is 0 Å². The van der Waals surface area contributed by atoms with Crippen molar-refractivity contribution in [2.24, 2.45) is 5.84 Å². The standard InChI is InChI=1S/C11H20N2OS/c1-3-10-5-6-11(15-10)7-9(13-12)8-14-4-2/h5-6,9,13H,3-4,7-8,12H2,1-2H3. The number of ether oxygens (including phenoxy) is 1. The van der Waals surface area contributed by atoms with Crippen LogP contribution in [0.5, 0.6) is 0 Å². The lowest BCUT2D eigenvalue weighted by Gasteiger charge is -2.14. The first-order valence-corrected chi connectivity index (χ1v) is 6.23. The van der Waals surface area contributed by atoms with Crippen LogP contribution in [-0.4, -0.2) is 19.3 Å². The van der Waals surface area contributed by atoms with Crippen molar-refractivity contribution in [3.63, 3.8) is 0 Å². The minimum Gasteiger partial charge on any atom is -0.380 e. The van der Waals surface area contributed by atoms with E-state index in [0.717, 1.165) is 19.4 Å². The second-order valence-corrected chi connectivity index (χ2v) is 4.70. The van der Waals surface area contributed by atoms with Crippen molar-refractivity contribution in [1.29, 1.82) is 0 Å². The second kappa shape index (κ2) is 6.95. The first-order valence-electron chi connectivity index (χ1n) is 5.41. The van der Waals surface area contributed by atoms with E-state index in [0.29, 0.717) is 6.61 Å². The Morgan fingerprint density at radius 3 is 2.67 bits per heavy atom. The molecule has 0 radical (unpaired) electrons. The van der Waals surface area contributed by atoms with Gasteiger partial charge in [-0.1, -0.05) is 6.92 Å². The summed E-state index contributed by atoms with van der Waals surface area (Å²) >= 11 is 1.86. The molecule has 0 bridgehead atoms. The Bertz CT molecular complexity index is 275. The highest BCUT2D eigenvalue weighted by molar-refractivity contribution is 7.11. The van der Waals surface area contributed by atoms with E-state index in [1.165, 1.54) is 9.75 Å². The van der Waals surface area contributed by atoms with Gasteiger partial charge in [-0.25, -0.2) is 0 Å². The first-order chi connectivity index (χ1) is 7.30. The van der Waals surface area contributed by atoms with Crippen LogP contribution in [0, 0.1) is 0 Å². The van der Waals surface area contributed by atoms with Crippen molar-refractivity contribution >= 4 is 11.3 Å². The lowest BCUT2D eigenvalue weighted by atomic mass is 10.2. The Balaban J connectivity index is 2.43. The van der Waals surface area contributed by atoms with Gasteiger partial charge in [0.15, 0.2) is 0 Å². The summed E-state index contributed by atoms with van der Waals surface area (Å²) in [4.78, 5) is 2.80. The van der Waals surface area contributed by atoms with E-state index >= 15 is 0 Å². The fourth-order valence-electron chi connectivity index (χ4n) is 1.39. The highest BCUT2D eigenvalue weighted by atomic mass is 32.1. The molecule has 0 spiro atoms. The zero-order valence-electron chi connectivity index (χ0n) is 9.45. The summed E-state index contributed by atoms with van der Waals surface area (Å²) in [6, 6.07) is 4.59. The van der Waals surface area contributed by atoms with Crippen molar-refractivity contribution in [2.45, 2.75) is 32.7 Å². The van der Waals surface area contributed by atoms with Crippen LogP contribution in [0.1, 0.15) is 23.6 Å². The topological polar surface area (TPSA) is 47.3 Å². The van der Waals surface area contributed by atoms with Crippen LogP contribution in [-0.2, 0) is 17.6 Å². The summed E-state index contributed by atoms with van der Waals surface area (Å²) < 4.78 is 5.35. The molecular formula is C11H20N2OS. The van der Waals surface area contributed by atoms with E-state index in [2.05, 4.69) is 24.5 Å². The van der Waals surface area contributed by atoms with Gasteiger partial charge < -0.3 is 4.74 Å². The Labute approximate surface area is 95.6 Å². The first kappa shape index (κ1) is 12.6. The molecule has 1 rings (SSSR count). The van der Waals surface area contributed by atoms with Crippen LogP contribution >= 0.6 is 11.3 Å². The average molecular weight is 228 g/mol. The number of rotatable bonds is 7. The minimum absolute atomic E-state index is 0.216. The molecule has 1 unspecified atom stereocenters. The van der Waals surface area contributed by atoms with Crippen molar-refractivity contribution in [2.75, 3.05) is 13.2 Å². The molecular weight excluding hydrogens is 208 g/mol. The second-order valence-electron chi connectivity index (χ2n) is 3.45. The molecule has 3 N–H and O–H groups in total. The van der Waals surface area contributed by atoms with Gasteiger partial charge in [0, 0.05) is 28.8 Å². The number of hydrogen-bond donors (Lipinski definition) is 2. The van der Waals surface area contributed by atoms with Gasteiger partial charge >= 0.3 is 0 Å². The van der Waals surface area contributed by atoms with E-state index in [1.54, 1.807) is 0 Å². The van der Waals surface area contributed by atoms with Gasteiger partial charge in [0.05, 0.1) is 6.61 Å². The summed E-state index contributed by atoms with van der Waals surface area (Å²) in [7, 11) is 0. The number of hydrogen-bond acceptors (Lipinski definition) is 4. The Morgan fingerprint density at radius 1 is 1.40 bits per heavy atom. The molecule has 0 saturated heterocycles. The van der Waals surface area contributed by atoms with Gasteiger partial charge in [-0.15, -0.1) is 11.3 Å². The fourth-order valence-corrected chi connectivity index (χ4v) is 2.43. The molecule has 0 amide bonds. The van der Waals surface area contributed by atoms with Crippen molar-refractivity contribution < 1.29 is 4.74 Å². The molecule has 15 heavy (non-hydrogen) atoms. The molecule has 0 saturated carbocycles. The van der Waals surface area contributed by atoms with Gasteiger partial charge in [0.2, 0.25) is 0 Å². The predicted molar refractivity (Wildman–Crippen MR) is 65.0 cm³/mol. The van der Waals surface area contributed by atoms with Gasteiger partial charge in [-0.05, 0) is 25.5 Å². The molecule has 0 aromatic carbocycles. The summed E-state index contributed by atoms with van der Waals surface area (Å²) in [6.07, 6.45) is 2.05. The quantitative estimate of drug-likeness (QED) is 0.552. The van der Waals surface area contributed by atoms with Crippen LogP contribution in [0.25, 0.3) is 0 Å². The van der Waals surface area contributed by atoms with E-state index in [-0.39, 0.29) is 6.04 Å². The zero-order valence-corrected chi connectivity index (χ0v) is 10.3. The summed E-state index contributed by atoms with van der Waals surface area (Å²) in [6.45, 7) is 5.58. The van der Waals surface area contributed by atoms with Crippen molar-refractivity contribution in [3.8, 4) is 0 Å². The maximum Gasteiger partial charge on any atom is 0.0636 e. The maximum absolute atomic E-state index is 5.48. The van der Waals surface area contributed by atoms with Crippen LogP contribution in [0.2, 0.25) is 0 Å². The van der Waals surface area contributed by atoms with Crippen LogP contribution < -0.4 is 11.3 Å². The molecule has 0 aliphatic rings. The molecule has 0 aliphatic carbocycles. The predicted octanol–water partition coefficient (Wildman–Crippen LogP) is 1.72. The number of nitrogens with one attached hydrogen (secondary N) is 1. The number of nitrogens with two attached hydrogens (primary N) is 1. The molecule has 0 aliphatic heterocycles. The lowest BCUT2D eigenvalue weighted by molar-refractivity contribution is 0.123. The van der Waals surface area contributed by atoms with Crippen LogP contribution in [0.3, 0.4) is 0 Å². The highest BCUT2D eigenvalue weighted by Crippen LogP contribution is 2.18. The van der Waals surface area contributed by atoms with Crippen LogP contribution in [0.15, 0.2) is 12.1 Å². The van der Waals surface area contributed by atoms with Crippen molar-refractivity contribution in [1.82, 2.24) is 5.43 Å². The third-order valence-electron chi connectivity index (χ3n) is 2.27. The molecule has 3 nitrogen and oxygen atoms in total. The third kappa shape index (κ3) is 4.30. The molecule has 0 fully saturated rings. The van der Waals surface area contributed by atoms with E-state index in [1.807, 2.05) is 18.3 Å². The van der Waals surface area contributed by atoms with Gasteiger partial charge in [-0.2, -0.15) is 0 Å². The SMILES string of the molecule is CCOCC(Cc1ccc(CC)s1)NN. The van der Waals surface area contributed by atoms with Gasteiger partial charge in [0.1, 0.15) is 0 Å². The summed E-state index contributed by atoms with van der Waals surface area (Å²) in [5, 5.41) is 0. The largest absolute Gasteiger partial charge is 0.380 e. The lowest BCUT2D eigenvalue weighted by Crippen LogP contribution is -2.40. The summed E-state index contributed by atoms with van der Waals surface area (Å²) in [5.74, 6) is 5.48. The van der Waals surface area contributed by atoms with Gasteiger partial charge in [0.25, 0.3) is 0 Å². The smallest absolute Gasteiger partial charge is 0.0636 e. The number of aryl methyl sites for hydroxylation is 1. The van der Waals surface area contributed by atoms with E-state index in [4.69, 9.17) is 10.6 Å². The molecule has 1 heterocycles. The zero-order chi connectivity index (χ0) is 11.1. The summed E-state index contributed by atoms with van der Waals surface area (Å²) in [5.41, 5.74) is 2.79. The molecule has 86 valence electrons. The number of hydrazine groups is 1. The number of thiophene rings is 1. The molecule has 1 atom stereocenters. The average Bonchev–Trinajstić information content (AvgIpc) is 2.71. The Kier molecular flexibility index (Phi) is 5.86. The Hall–Kier alpha value is -0.420. The molecule has 1 aromatic rings. The normalized spacial score (nSPS) is 13.0. The maximum atomic E-state index is 5.48. The molecule has 4 heteroatoms. The van der Waals surface area contributed by atoms with Gasteiger partial charge in [-0.3, -0.25) is 11.3 Å². The third-order valence-corrected chi connectivity index (χ3v) is 3.52. The van der Waals surface area contributed by atoms with E-state index in [9.17, 15) is 0 Å². The Morgan fingerprint density at radius 2 is 2.13 bits per heavy atom. The molecule has 1 aromatic heterocycles. The van der Waals surface area contributed by atoms with Crippen molar-refractivity contribution in [3.05, 3.63) is 21.9 Å². The fraction of sp³-hybridized carbons (Fsp3) is 0.636. The minimum atomic E-state index is 0.216. The monoisotopic (exact) mass is 228 g/mol. The highest BCUT2D eigenvalue weighted by Gasteiger charge is 2.09. The van der Waals surface area contributed by atoms with Crippen LogP contribution in [0.4, 0.5) is 0 Å².